The Morgan fingerprint density at radius 1 is 1.04 bits per heavy atom. The van der Waals surface area contributed by atoms with Gasteiger partial charge in [-0.2, -0.15) is 0 Å². The molecule has 0 radical (unpaired) electrons. The van der Waals surface area contributed by atoms with Gasteiger partial charge in [-0.1, -0.05) is 30.3 Å². The molecule has 0 unspecified atom stereocenters. The highest BCUT2D eigenvalue weighted by Gasteiger charge is 2.24. The van der Waals surface area contributed by atoms with Gasteiger partial charge in [0.2, 0.25) is 0 Å². The summed E-state index contributed by atoms with van der Waals surface area (Å²) >= 11 is 0. The van der Waals surface area contributed by atoms with Crippen molar-refractivity contribution in [2.24, 2.45) is 0 Å². The van der Waals surface area contributed by atoms with Gasteiger partial charge in [0.25, 0.3) is 0 Å². The number of Topliss-reactive ketones (excluding diaryl/α,β-unsaturated/α-hetero) is 1. The van der Waals surface area contributed by atoms with Gasteiger partial charge in [-0.15, -0.1) is 0 Å². The number of hydrogen-bond donors (Lipinski definition) is 1. The molecule has 28 heavy (non-hydrogen) atoms. The van der Waals surface area contributed by atoms with Crippen molar-refractivity contribution in [1.82, 2.24) is 19.7 Å². The first-order chi connectivity index (χ1) is 13.5. The Morgan fingerprint density at radius 2 is 1.71 bits per heavy atom. The second-order valence-corrected chi connectivity index (χ2v) is 7.38. The van der Waals surface area contributed by atoms with Crippen LogP contribution in [-0.4, -0.2) is 65.4 Å². The largest absolute Gasteiger partial charge is 0.344 e. The molecule has 1 aliphatic heterocycles. The number of ketones is 1. The van der Waals surface area contributed by atoms with Crippen molar-refractivity contribution in [3.8, 4) is 0 Å². The third kappa shape index (κ3) is 4.62. The van der Waals surface area contributed by atoms with Crippen LogP contribution >= 0.6 is 0 Å². The third-order valence-corrected chi connectivity index (χ3v) is 5.41. The maximum absolute atomic E-state index is 12.9. The Kier molecular flexibility index (Phi) is 6.52. The summed E-state index contributed by atoms with van der Waals surface area (Å²) in [7, 11) is 0. The number of hydrogen-bond acceptors (Lipinski definition) is 3. The van der Waals surface area contributed by atoms with Crippen LogP contribution in [0.4, 0.5) is 4.79 Å². The molecule has 2 amide bonds. The molecular weight excluding hydrogens is 352 g/mol. The van der Waals surface area contributed by atoms with Crippen molar-refractivity contribution < 1.29 is 9.59 Å². The SMILES string of the molecule is CCNC(=O)N1CCN(CC(=O)c2cc(C)n(Cc3ccccc3)c2C)CC1. The van der Waals surface area contributed by atoms with Crippen LogP contribution in [-0.2, 0) is 6.54 Å². The Hall–Kier alpha value is -2.60. The lowest BCUT2D eigenvalue weighted by atomic mass is 10.1. The van der Waals surface area contributed by atoms with Crippen LogP contribution < -0.4 is 5.32 Å². The van der Waals surface area contributed by atoms with Crippen LogP contribution in [0.25, 0.3) is 0 Å². The van der Waals surface area contributed by atoms with Crippen LogP contribution in [0.1, 0.15) is 34.2 Å². The van der Waals surface area contributed by atoms with Crippen LogP contribution in [0.5, 0.6) is 0 Å². The number of rotatable bonds is 6. The van der Waals surface area contributed by atoms with Gasteiger partial charge in [-0.3, -0.25) is 9.69 Å². The Labute approximate surface area is 167 Å². The van der Waals surface area contributed by atoms with Crippen LogP contribution in [0.2, 0.25) is 0 Å². The van der Waals surface area contributed by atoms with Crippen molar-refractivity contribution in [3.05, 3.63) is 58.9 Å². The predicted octanol–water partition coefficient (Wildman–Crippen LogP) is 2.68. The molecule has 1 fully saturated rings. The van der Waals surface area contributed by atoms with E-state index in [0.717, 1.165) is 36.6 Å². The third-order valence-electron chi connectivity index (χ3n) is 5.41. The number of aryl methyl sites for hydroxylation is 1. The summed E-state index contributed by atoms with van der Waals surface area (Å²) in [6.45, 7) is 10.6. The molecule has 1 saturated heterocycles. The van der Waals surface area contributed by atoms with Gasteiger partial charge in [0, 0.05) is 56.2 Å². The minimum absolute atomic E-state index is 0.0158. The zero-order valence-electron chi connectivity index (χ0n) is 17.1. The van der Waals surface area contributed by atoms with Crippen molar-refractivity contribution in [2.45, 2.75) is 27.3 Å². The molecule has 6 heteroatoms. The number of carbonyl (C=O) groups excluding carboxylic acids is 2. The van der Waals surface area contributed by atoms with Crippen LogP contribution in [0.15, 0.2) is 36.4 Å². The number of amides is 2. The first-order valence-electron chi connectivity index (χ1n) is 9.98. The quantitative estimate of drug-likeness (QED) is 0.782. The van der Waals surface area contributed by atoms with E-state index in [9.17, 15) is 9.59 Å². The maximum Gasteiger partial charge on any atom is 0.317 e. The summed E-state index contributed by atoms with van der Waals surface area (Å²) in [5.74, 6) is 0.152. The molecule has 0 saturated carbocycles. The summed E-state index contributed by atoms with van der Waals surface area (Å²) in [6.07, 6.45) is 0. The number of piperazine rings is 1. The average Bonchev–Trinajstić information content (AvgIpc) is 2.98. The first kappa shape index (κ1) is 20.1. The minimum atomic E-state index is -0.0158. The second-order valence-electron chi connectivity index (χ2n) is 7.38. The molecule has 0 aliphatic carbocycles. The van der Waals surface area contributed by atoms with Gasteiger partial charge in [0.1, 0.15) is 0 Å². The molecule has 150 valence electrons. The second kappa shape index (κ2) is 9.06. The van der Waals surface area contributed by atoms with Crippen molar-refractivity contribution in [2.75, 3.05) is 39.3 Å². The van der Waals surface area contributed by atoms with Gasteiger partial charge in [-0.05, 0) is 32.4 Å². The molecular formula is C22H30N4O2. The molecule has 0 atom stereocenters. The highest BCUT2D eigenvalue weighted by atomic mass is 16.2. The molecule has 0 spiro atoms. The zero-order chi connectivity index (χ0) is 20.1. The van der Waals surface area contributed by atoms with Crippen LogP contribution in [0, 0.1) is 13.8 Å². The summed E-state index contributed by atoms with van der Waals surface area (Å²) in [4.78, 5) is 28.8. The fourth-order valence-corrected chi connectivity index (χ4v) is 3.75. The Balaban J connectivity index is 1.61. The van der Waals surface area contributed by atoms with Crippen molar-refractivity contribution >= 4 is 11.8 Å². The smallest absolute Gasteiger partial charge is 0.317 e. The molecule has 1 N–H and O–H groups in total. The molecule has 2 aromatic rings. The van der Waals surface area contributed by atoms with Crippen molar-refractivity contribution in [1.29, 1.82) is 0 Å². The Bertz CT molecular complexity index is 821. The summed E-state index contributed by atoms with van der Waals surface area (Å²) in [6, 6.07) is 12.3. The van der Waals surface area contributed by atoms with E-state index in [0.29, 0.717) is 26.2 Å². The molecule has 3 rings (SSSR count). The number of carbonyl (C=O) groups is 2. The minimum Gasteiger partial charge on any atom is -0.344 e. The van der Waals surface area contributed by atoms with E-state index < -0.39 is 0 Å². The number of aromatic nitrogens is 1. The summed E-state index contributed by atoms with van der Waals surface area (Å²) < 4.78 is 2.20. The molecule has 1 aliphatic rings. The monoisotopic (exact) mass is 382 g/mol. The maximum atomic E-state index is 12.9. The van der Waals surface area contributed by atoms with E-state index in [2.05, 4.69) is 33.8 Å². The molecule has 0 bridgehead atoms. The normalized spacial score (nSPS) is 14.9. The van der Waals surface area contributed by atoms with E-state index in [1.54, 1.807) is 0 Å². The van der Waals surface area contributed by atoms with E-state index in [-0.39, 0.29) is 11.8 Å². The van der Waals surface area contributed by atoms with Gasteiger partial charge in [0.05, 0.1) is 6.54 Å². The lowest BCUT2D eigenvalue weighted by Crippen LogP contribution is -2.52. The first-order valence-corrected chi connectivity index (χ1v) is 9.98. The van der Waals surface area contributed by atoms with Gasteiger partial charge < -0.3 is 14.8 Å². The highest BCUT2D eigenvalue weighted by Crippen LogP contribution is 2.18. The number of benzene rings is 1. The lowest BCUT2D eigenvalue weighted by molar-refractivity contribution is 0.0878. The standard InChI is InChI=1S/C22H30N4O2/c1-4-23-22(28)25-12-10-24(11-13-25)16-21(27)20-14-17(2)26(18(20)3)15-19-8-6-5-7-9-19/h5-9,14H,4,10-13,15-16H2,1-3H3,(H,23,28). The molecule has 2 heterocycles. The summed E-state index contributed by atoms with van der Waals surface area (Å²) in [5, 5.41) is 2.83. The number of nitrogens with one attached hydrogen (secondary N) is 1. The lowest BCUT2D eigenvalue weighted by Gasteiger charge is -2.34. The predicted molar refractivity (Wildman–Crippen MR) is 111 cm³/mol. The fraction of sp³-hybridized carbons (Fsp3) is 0.455. The fourth-order valence-electron chi connectivity index (χ4n) is 3.75. The van der Waals surface area contributed by atoms with E-state index in [1.807, 2.05) is 43.0 Å². The van der Waals surface area contributed by atoms with E-state index >= 15 is 0 Å². The molecule has 1 aromatic carbocycles. The number of nitrogens with zero attached hydrogens (tertiary/aromatic N) is 3. The molecule has 6 nitrogen and oxygen atoms in total. The topological polar surface area (TPSA) is 57.6 Å². The van der Waals surface area contributed by atoms with Gasteiger partial charge in [-0.25, -0.2) is 4.79 Å². The zero-order valence-corrected chi connectivity index (χ0v) is 17.1. The average molecular weight is 383 g/mol. The van der Waals surface area contributed by atoms with Crippen molar-refractivity contribution in [3.63, 3.8) is 0 Å². The Morgan fingerprint density at radius 3 is 2.36 bits per heavy atom. The number of urea groups is 1. The van der Waals surface area contributed by atoms with Crippen LogP contribution in [0.3, 0.4) is 0 Å². The van der Waals surface area contributed by atoms with E-state index in [4.69, 9.17) is 0 Å². The molecule has 1 aromatic heterocycles. The summed E-state index contributed by atoms with van der Waals surface area (Å²) in [5.41, 5.74) is 4.16. The highest BCUT2D eigenvalue weighted by molar-refractivity contribution is 5.99. The van der Waals surface area contributed by atoms with E-state index in [1.165, 1.54) is 5.56 Å². The van der Waals surface area contributed by atoms with Gasteiger partial charge in [0.15, 0.2) is 5.78 Å². The van der Waals surface area contributed by atoms with Gasteiger partial charge >= 0.3 is 6.03 Å².